The van der Waals surface area contributed by atoms with Crippen molar-refractivity contribution < 1.29 is 14.3 Å². The molecule has 1 heterocycles. The fraction of sp³-hybridized carbons (Fsp3) is 0.471. The van der Waals surface area contributed by atoms with E-state index in [0.29, 0.717) is 5.56 Å². The van der Waals surface area contributed by atoms with Gasteiger partial charge in [0.2, 0.25) is 0 Å². The summed E-state index contributed by atoms with van der Waals surface area (Å²) in [5.41, 5.74) is 0.552. The van der Waals surface area contributed by atoms with E-state index >= 15 is 0 Å². The number of aliphatic hydroxyl groups is 1. The van der Waals surface area contributed by atoms with Crippen molar-refractivity contribution in [2.75, 3.05) is 6.61 Å². The zero-order chi connectivity index (χ0) is 15.4. The van der Waals surface area contributed by atoms with E-state index in [1.165, 1.54) is 12.1 Å². The smallest absolute Gasteiger partial charge is 0.254 e. The highest BCUT2D eigenvalue weighted by Gasteiger charge is 2.33. The van der Waals surface area contributed by atoms with Gasteiger partial charge in [0.15, 0.2) is 0 Å². The number of aliphatic hydroxyl groups excluding tert-OH is 1. The molecule has 112 valence electrons. The predicted molar refractivity (Wildman–Crippen MR) is 79.3 cm³/mol. The first-order valence-electron chi connectivity index (χ1n) is 7.30. The number of halogens is 1. The molecule has 3 nitrogen and oxygen atoms in total. The summed E-state index contributed by atoms with van der Waals surface area (Å²) in [6, 6.07) is 4.77. The second-order valence-electron chi connectivity index (χ2n) is 5.36. The number of hydrogen-bond donors (Lipinski definition) is 1. The third-order valence-electron chi connectivity index (χ3n) is 4.01. The van der Waals surface area contributed by atoms with Gasteiger partial charge in [0, 0.05) is 17.6 Å². The lowest BCUT2D eigenvalue weighted by molar-refractivity contribution is 0.0676. The molecule has 1 aliphatic rings. The summed E-state index contributed by atoms with van der Waals surface area (Å²) in [6.45, 7) is 3.78. The van der Waals surface area contributed by atoms with Crippen molar-refractivity contribution in [2.45, 2.75) is 45.2 Å². The van der Waals surface area contributed by atoms with Crippen LogP contribution in [-0.4, -0.2) is 34.6 Å². The number of carbonyl (C=O) groups excluding carboxylic acids is 1. The van der Waals surface area contributed by atoms with Crippen LogP contribution in [0.25, 0.3) is 0 Å². The Morgan fingerprint density at radius 1 is 1.48 bits per heavy atom. The topological polar surface area (TPSA) is 40.5 Å². The highest BCUT2D eigenvalue weighted by atomic mass is 19.1. The third kappa shape index (κ3) is 3.25. The first-order valence-corrected chi connectivity index (χ1v) is 7.30. The molecule has 4 heteroatoms. The molecule has 0 spiro atoms. The predicted octanol–water partition coefficient (Wildman–Crippen LogP) is 2.57. The van der Waals surface area contributed by atoms with Crippen LogP contribution in [0.5, 0.6) is 0 Å². The fourth-order valence-corrected chi connectivity index (χ4v) is 2.87. The lowest BCUT2D eigenvalue weighted by Gasteiger charge is -2.28. The van der Waals surface area contributed by atoms with Crippen LogP contribution < -0.4 is 0 Å². The SMILES string of the molecule is CCC1CCC(C)N1C(=O)c1ccc(C#CCO)c(F)c1. The molecule has 1 aromatic carbocycles. The van der Waals surface area contributed by atoms with Gasteiger partial charge < -0.3 is 10.0 Å². The molecule has 1 aliphatic heterocycles. The maximum absolute atomic E-state index is 13.9. The van der Waals surface area contributed by atoms with E-state index < -0.39 is 5.82 Å². The molecule has 0 saturated carbocycles. The standard InChI is InChI=1S/C17H20FNO2/c1-3-15-9-6-12(2)19(15)17(21)14-8-7-13(5-4-10-20)16(18)11-14/h7-8,11-12,15,20H,3,6,9-10H2,1-2H3. The van der Waals surface area contributed by atoms with E-state index in [1.807, 2.05) is 11.8 Å². The van der Waals surface area contributed by atoms with Gasteiger partial charge in [0.05, 0.1) is 5.56 Å². The molecule has 21 heavy (non-hydrogen) atoms. The molecule has 1 fully saturated rings. The molecule has 2 unspecified atom stereocenters. The molecular weight excluding hydrogens is 269 g/mol. The number of rotatable bonds is 2. The Labute approximate surface area is 124 Å². The molecule has 1 aromatic rings. The molecule has 0 radical (unpaired) electrons. The molecule has 2 rings (SSSR count). The summed E-state index contributed by atoms with van der Waals surface area (Å²) in [6.07, 6.45) is 2.91. The van der Waals surface area contributed by atoms with Crippen molar-refractivity contribution in [3.63, 3.8) is 0 Å². The monoisotopic (exact) mass is 289 g/mol. The van der Waals surface area contributed by atoms with Crippen molar-refractivity contribution in [1.29, 1.82) is 0 Å². The zero-order valence-electron chi connectivity index (χ0n) is 12.4. The molecule has 1 N–H and O–H groups in total. The number of nitrogens with zero attached hydrogens (tertiary/aromatic N) is 1. The number of amides is 1. The van der Waals surface area contributed by atoms with Crippen LogP contribution in [0.3, 0.4) is 0 Å². The van der Waals surface area contributed by atoms with Gasteiger partial charge in [-0.05, 0) is 44.4 Å². The Balaban J connectivity index is 2.25. The van der Waals surface area contributed by atoms with Gasteiger partial charge in [-0.2, -0.15) is 0 Å². The normalized spacial score (nSPS) is 21.0. The third-order valence-corrected chi connectivity index (χ3v) is 4.01. The van der Waals surface area contributed by atoms with E-state index in [0.717, 1.165) is 19.3 Å². The Bertz CT molecular complexity index is 588. The molecule has 0 aromatic heterocycles. The molecule has 2 atom stereocenters. The maximum atomic E-state index is 13.9. The van der Waals surface area contributed by atoms with Crippen LogP contribution >= 0.6 is 0 Å². The van der Waals surface area contributed by atoms with E-state index in [-0.39, 0.29) is 30.2 Å². The summed E-state index contributed by atoms with van der Waals surface area (Å²) in [5, 5.41) is 8.63. The molecule has 0 bridgehead atoms. The summed E-state index contributed by atoms with van der Waals surface area (Å²) < 4.78 is 13.9. The van der Waals surface area contributed by atoms with Crippen molar-refractivity contribution in [2.24, 2.45) is 0 Å². The van der Waals surface area contributed by atoms with E-state index in [9.17, 15) is 9.18 Å². The van der Waals surface area contributed by atoms with E-state index in [2.05, 4.69) is 18.8 Å². The van der Waals surface area contributed by atoms with Crippen molar-refractivity contribution >= 4 is 5.91 Å². The van der Waals surface area contributed by atoms with E-state index in [1.54, 1.807) is 6.07 Å². The van der Waals surface area contributed by atoms with Crippen LogP contribution in [0.1, 0.15) is 49.0 Å². The summed E-state index contributed by atoms with van der Waals surface area (Å²) in [4.78, 5) is 14.5. The van der Waals surface area contributed by atoms with Crippen molar-refractivity contribution in [3.05, 3.63) is 35.1 Å². The minimum Gasteiger partial charge on any atom is -0.384 e. The van der Waals surface area contributed by atoms with Crippen LogP contribution in [0.15, 0.2) is 18.2 Å². The number of carbonyl (C=O) groups is 1. The van der Waals surface area contributed by atoms with Gasteiger partial charge in [-0.25, -0.2) is 4.39 Å². The highest BCUT2D eigenvalue weighted by molar-refractivity contribution is 5.95. The Hall–Kier alpha value is -1.86. The molecule has 1 saturated heterocycles. The van der Waals surface area contributed by atoms with Gasteiger partial charge in [0.25, 0.3) is 5.91 Å². The van der Waals surface area contributed by atoms with Gasteiger partial charge in [0.1, 0.15) is 12.4 Å². The summed E-state index contributed by atoms with van der Waals surface area (Å²) >= 11 is 0. The van der Waals surface area contributed by atoms with Gasteiger partial charge in [-0.15, -0.1) is 0 Å². The van der Waals surface area contributed by atoms with Crippen molar-refractivity contribution in [1.82, 2.24) is 4.90 Å². The first-order chi connectivity index (χ1) is 10.1. The van der Waals surface area contributed by atoms with Gasteiger partial charge >= 0.3 is 0 Å². The van der Waals surface area contributed by atoms with E-state index in [4.69, 9.17) is 5.11 Å². The highest BCUT2D eigenvalue weighted by Crippen LogP contribution is 2.28. The number of likely N-dealkylation sites (tertiary alicyclic amines) is 1. The van der Waals surface area contributed by atoms with Crippen LogP contribution in [0.2, 0.25) is 0 Å². The average Bonchev–Trinajstić information content (AvgIpc) is 2.86. The number of hydrogen-bond acceptors (Lipinski definition) is 2. The molecule has 1 amide bonds. The lowest BCUT2D eigenvalue weighted by Crippen LogP contribution is -2.39. The quantitative estimate of drug-likeness (QED) is 0.850. The fourth-order valence-electron chi connectivity index (χ4n) is 2.87. The summed E-state index contributed by atoms with van der Waals surface area (Å²) in [7, 11) is 0. The van der Waals surface area contributed by atoms with Gasteiger partial charge in [-0.1, -0.05) is 18.8 Å². The van der Waals surface area contributed by atoms with Crippen LogP contribution in [-0.2, 0) is 0 Å². The Morgan fingerprint density at radius 3 is 2.86 bits per heavy atom. The first kappa shape index (κ1) is 15.5. The minimum atomic E-state index is -0.526. The second kappa shape index (κ2) is 6.73. The largest absolute Gasteiger partial charge is 0.384 e. The Morgan fingerprint density at radius 2 is 2.24 bits per heavy atom. The zero-order valence-corrected chi connectivity index (χ0v) is 12.4. The van der Waals surface area contributed by atoms with Crippen LogP contribution in [0, 0.1) is 17.7 Å². The summed E-state index contributed by atoms with van der Waals surface area (Å²) in [5.74, 6) is 4.29. The molecule has 0 aliphatic carbocycles. The maximum Gasteiger partial charge on any atom is 0.254 e. The minimum absolute atomic E-state index is 0.118. The average molecular weight is 289 g/mol. The lowest BCUT2D eigenvalue weighted by atomic mass is 10.1. The van der Waals surface area contributed by atoms with Crippen LogP contribution in [0.4, 0.5) is 4.39 Å². The number of benzene rings is 1. The van der Waals surface area contributed by atoms with Crippen molar-refractivity contribution in [3.8, 4) is 11.8 Å². The molecular formula is C17H20FNO2. The van der Waals surface area contributed by atoms with Gasteiger partial charge in [-0.3, -0.25) is 4.79 Å². The second-order valence-corrected chi connectivity index (χ2v) is 5.36. The Kier molecular flexibility index (Phi) is 4.98.